The zero-order valence-corrected chi connectivity index (χ0v) is 13.1. The number of hydrogen-bond acceptors (Lipinski definition) is 2. The van der Waals surface area contributed by atoms with Gasteiger partial charge >= 0.3 is 0 Å². The van der Waals surface area contributed by atoms with Crippen LogP contribution in [0, 0.1) is 5.92 Å². The number of carbonyl (C=O) groups is 1. The lowest BCUT2D eigenvalue weighted by molar-refractivity contribution is -0.124. The Labute approximate surface area is 127 Å². The minimum Gasteiger partial charge on any atom is -0.310 e. The highest BCUT2D eigenvalue weighted by atomic mass is 16.1. The van der Waals surface area contributed by atoms with Crippen LogP contribution >= 0.6 is 0 Å². The number of allylic oxidation sites excluding steroid dienone is 1. The zero-order valence-electron chi connectivity index (χ0n) is 13.1. The fourth-order valence-corrected chi connectivity index (χ4v) is 4.10. The van der Waals surface area contributed by atoms with Crippen LogP contribution in [0.4, 0.5) is 0 Å². The number of benzene rings is 1. The Bertz CT molecular complexity index is 545. The quantitative estimate of drug-likeness (QED) is 0.907. The lowest BCUT2D eigenvalue weighted by Crippen LogP contribution is -2.47. The van der Waals surface area contributed by atoms with Crippen LogP contribution in [0.1, 0.15) is 56.6 Å². The highest BCUT2D eigenvalue weighted by molar-refractivity contribution is 5.82. The average molecular weight is 283 g/mol. The van der Waals surface area contributed by atoms with Crippen molar-refractivity contribution in [2.24, 2.45) is 5.92 Å². The van der Waals surface area contributed by atoms with Crippen molar-refractivity contribution >= 4 is 11.4 Å². The molecule has 1 aromatic rings. The van der Waals surface area contributed by atoms with Crippen LogP contribution in [0.2, 0.25) is 0 Å². The minimum absolute atomic E-state index is 0.157. The first-order valence-corrected chi connectivity index (χ1v) is 8.14. The van der Waals surface area contributed by atoms with Gasteiger partial charge in [0.1, 0.15) is 5.78 Å². The molecule has 2 bridgehead atoms. The summed E-state index contributed by atoms with van der Waals surface area (Å²) in [6, 6.07) is 9.69. The first-order valence-electron chi connectivity index (χ1n) is 8.14. The van der Waals surface area contributed by atoms with E-state index in [9.17, 15) is 4.79 Å². The van der Waals surface area contributed by atoms with Crippen LogP contribution in [0.5, 0.6) is 0 Å². The number of Topliss-reactive ketones (excluding diaryl/α,β-unsaturated/α-hetero) is 1. The predicted octanol–water partition coefficient (Wildman–Crippen LogP) is 3.92. The van der Waals surface area contributed by atoms with Crippen LogP contribution in [-0.4, -0.2) is 17.9 Å². The molecule has 4 atom stereocenters. The summed E-state index contributed by atoms with van der Waals surface area (Å²) >= 11 is 0. The molecule has 0 saturated carbocycles. The average Bonchev–Trinajstić information content (AvgIpc) is 2.88. The molecule has 3 rings (SSSR count). The van der Waals surface area contributed by atoms with Crippen molar-refractivity contribution in [3.05, 3.63) is 42.0 Å². The predicted molar refractivity (Wildman–Crippen MR) is 87.2 cm³/mol. The summed E-state index contributed by atoms with van der Waals surface area (Å²) in [7, 11) is 0. The largest absolute Gasteiger partial charge is 0.310 e. The fraction of sp³-hybridized carbons (Fsp3) is 0.526. The molecule has 2 aliphatic rings. The second-order valence-corrected chi connectivity index (χ2v) is 6.64. The van der Waals surface area contributed by atoms with Crippen LogP contribution in [0.3, 0.4) is 0 Å². The van der Waals surface area contributed by atoms with E-state index < -0.39 is 0 Å². The SMILES string of the molecule is C=C(C)c1ccc([C@H]2C[C@H]3CC[C@@H](N3)[C@H]2C(=O)CC)cc1. The lowest BCUT2D eigenvalue weighted by Gasteiger charge is -2.37. The summed E-state index contributed by atoms with van der Waals surface area (Å²) in [6.07, 6.45) is 4.12. The smallest absolute Gasteiger partial charge is 0.137 e. The molecule has 2 heteroatoms. The van der Waals surface area contributed by atoms with Gasteiger partial charge in [-0.3, -0.25) is 4.79 Å². The third kappa shape index (κ3) is 2.69. The number of rotatable bonds is 4. The summed E-state index contributed by atoms with van der Waals surface area (Å²) in [5.41, 5.74) is 3.60. The van der Waals surface area contributed by atoms with Crippen molar-refractivity contribution < 1.29 is 4.79 Å². The molecule has 0 aliphatic carbocycles. The summed E-state index contributed by atoms with van der Waals surface area (Å²) in [4.78, 5) is 12.5. The van der Waals surface area contributed by atoms with Crippen LogP contribution in [0.25, 0.3) is 5.57 Å². The second-order valence-electron chi connectivity index (χ2n) is 6.64. The molecule has 21 heavy (non-hydrogen) atoms. The van der Waals surface area contributed by atoms with Gasteiger partial charge in [0.25, 0.3) is 0 Å². The van der Waals surface area contributed by atoms with Gasteiger partial charge < -0.3 is 5.32 Å². The summed E-state index contributed by atoms with van der Waals surface area (Å²) in [5, 5.41) is 3.65. The molecule has 0 aromatic heterocycles. The molecule has 0 spiro atoms. The van der Waals surface area contributed by atoms with Crippen molar-refractivity contribution in [3.63, 3.8) is 0 Å². The lowest BCUT2D eigenvalue weighted by atomic mass is 9.74. The molecule has 112 valence electrons. The van der Waals surface area contributed by atoms with Crippen molar-refractivity contribution in [3.8, 4) is 0 Å². The molecular formula is C19H25NO. The topological polar surface area (TPSA) is 29.1 Å². The number of ketones is 1. The van der Waals surface area contributed by atoms with E-state index in [-0.39, 0.29) is 5.92 Å². The monoisotopic (exact) mass is 283 g/mol. The van der Waals surface area contributed by atoms with E-state index in [1.165, 1.54) is 17.5 Å². The standard InChI is InChI=1S/C19H25NO/c1-4-18(21)19-16(11-15-9-10-17(19)20-15)14-7-5-13(6-8-14)12(2)3/h5-8,15-17,19-20H,2,4,9-11H2,1,3H3/t15-,16-,17-,19+/m1/s1. The van der Waals surface area contributed by atoms with Gasteiger partial charge in [0.2, 0.25) is 0 Å². The Morgan fingerprint density at radius 2 is 2.00 bits per heavy atom. The number of carbonyl (C=O) groups excluding carboxylic acids is 1. The summed E-state index contributed by atoms with van der Waals surface area (Å²) in [5.74, 6) is 0.960. The van der Waals surface area contributed by atoms with Crippen molar-refractivity contribution in [1.29, 1.82) is 0 Å². The third-order valence-electron chi connectivity index (χ3n) is 5.23. The van der Waals surface area contributed by atoms with Gasteiger partial charge in [0.15, 0.2) is 0 Å². The van der Waals surface area contributed by atoms with Gasteiger partial charge in [-0.2, -0.15) is 0 Å². The first-order chi connectivity index (χ1) is 10.1. The number of piperidine rings is 1. The molecule has 1 N–H and O–H groups in total. The van der Waals surface area contributed by atoms with Crippen LogP contribution < -0.4 is 5.32 Å². The first kappa shape index (κ1) is 14.5. The second kappa shape index (κ2) is 5.76. The normalized spacial score (nSPS) is 31.1. The van der Waals surface area contributed by atoms with E-state index in [0.717, 1.165) is 18.4 Å². The molecule has 0 amide bonds. The molecule has 2 saturated heterocycles. The van der Waals surface area contributed by atoms with Crippen molar-refractivity contribution in [2.75, 3.05) is 0 Å². The molecular weight excluding hydrogens is 258 g/mol. The van der Waals surface area contributed by atoms with Gasteiger partial charge in [0.05, 0.1) is 0 Å². The molecule has 2 aliphatic heterocycles. The van der Waals surface area contributed by atoms with Crippen LogP contribution in [0.15, 0.2) is 30.8 Å². The molecule has 2 heterocycles. The maximum absolute atomic E-state index is 12.5. The summed E-state index contributed by atoms with van der Waals surface area (Å²) in [6.45, 7) is 8.02. The Kier molecular flexibility index (Phi) is 3.99. The maximum Gasteiger partial charge on any atom is 0.137 e. The van der Waals surface area contributed by atoms with E-state index in [4.69, 9.17) is 0 Å². The van der Waals surface area contributed by atoms with Crippen molar-refractivity contribution in [1.82, 2.24) is 5.32 Å². The highest BCUT2D eigenvalue weighted by Gasteiger charge is 2.44. The van der Waals surface area contributed by atoms with E-state index in [0.29, 0.717) is 30.2 Å². The number of hydrogen-bond donors (Lipinski definition) is 1. The number of nitrogens with one attached hydrogen (secondary N) is 1. The highest BCUT2D eigenvalue weighted by Crippen LogP contribution is 2.42. The molecule has 1 aromatic carbocycles. The molecule has 0 unspecified atom stereocenters. The van der Waals surface area contributed by atoms with E-state index in [1.54, 1.807) is 0 Å². The van der Waals surface area contributed by atoms with E-state index >= 15 is 0 Å². The third-order valence-corrected chi connectivity index (χ3v) is 5.23. The van der Waals surface area contributed by atoms with Gasteiger partial charge in [-0.25, -0.2) is 0 Å². The van der Waals surface area contributed by atoms with E-state index in [2.05, 4.69) is 36.2 Å². The Hall–Kier alpha value is -1.41. The minimum atomic E-state index is 0.157. The summed E-state index contributed by atoms with van der Waals surface area (Å²) < 4.78 is 0. The molecule has 2 fully saturated rings. The van der Waals surface area contributed by atoms with Gasteiger partial charge in [-0.1, -0.05) is 43.3 Å². The van der Waals surface area contributed by atoms with Crippen LogP contribution in [-0.2, 0) is 4.79 Å². The Balaban J connectivity index is 1.90. The van der Waals surface area contributed by atoms with Gasteiger partial charge in [0, 0.05) is 24.4 Å². The molecule has 2 nitrogen and oxygen atoms in total. The fourth-order valence-electron chi connectivity index (χ4n) is 4.10. The number of fused-ring (bicyclic) bond motifs is 2. The van der Waals surface area contributed by atoms with Gasteiger partial charge in [-0.05, 0) is 43.2 Å². The Morgan fingerprint density at radius 1 is 1.29 bits per heavy atom. The zero-order chi connectivity index (χ0) is 15.0. The van der Waals surface area contributed by atoms with E-state index in [1.807, 2.05) is 13.8 Å². The maximum atomic E-state index is 12.5. The molecule has 0 radical (unpaired) electrons. The van der Waals surface area contributed by atoms with Gasteiger partial charge in [-0.15, -0.1) is 0 Å². The van der Waals surface area contributed by atoms with Crippen molar-refractivity contribution in [2.45, 2.75) is 57.5 Å². The Morgan fingerprint density at radius 3 is 2.62 bits per heavy atom.